The predicted molar refractivity (Wildman–Crippen MR) is 72.5 cm³/mol. The van der Waals surface area contributed by atoms with Gasteiger partial charge in [0, 0.05) is 11.5 Å². The van der Waals surface area contributed by atoms with Gasteiger partial charge in [0.05, 0.1) is 12.1 Å². The Balaban J connectivity index is 1.91. The van der Waals surface area contributed by atoms with Crippen LogP contribution in [0.3, 0.4) is 0 Å². The first-order valence-corrected chi connectivity index (χ1v) is 5.91. The number of nitrogen functional groups attached to an aromatic ring is 1. The molecule has 6 heteroatoms. The van der Waals surface area contributed by atoms with Crippen molar-refractivity contribution in [2.75, 3.05) is 11.1 Å². The molecule has 1 aromatic carbocycles. The van der Waals surface area contributed by atoms with Gasteiger partial charge in [-0.05, 0) is 19.1 Å². The van der Waals surface area contributed by atoms with Crippen molar-refractivity contribution in [3.05, 3.63) is 41.8 Å². The molecular formula is C13H13N5O. The molecule has 0 aliphatic carbocycles. The predicted octanol–water partition coefficient (Wildman–Crippen LogP) is 2.12. The minimum atomic E-state index is 0.248. The molecule has 0 saturated heterocycles. The maximum absolute atomic E-state index is 5.70. The van der Waals surface area contributed by atoms with E-state index >= 15 is 0 Å². The van der Waals surface area contributed by atoms with Crippen molar-refractivity contribution >= 4 is 22.7 Å². The third-order valence-electron chi connectivity index (χ3n) is 2.73. The number of nitrogens with zero attached hydrogens (tertiary/aromatic N) is 3. The van der Waals surface area contributed by atoms with Crippen LogP contribution in [0.5, 0.6) is 0 Å². The highest BCUT2D eigenvalue weighted by Gasteiger charge is 2.06. The highest BCUT2D eigenvalue weighted by Crippen LogP contribution is 2.21. The number of hydrogen-bond donors (Lipinski definition) is 2. The molecule has 19 heavy (non-hydrogen) atoms. The van der Waals surface area contributed by atoms with Gasteiger partial charge in [-0.3, -0.25) is 0 Å². The fourth-order valence-electron chi connectivity index (χ4n) is 1.90. The lowest BCUT2D eigenvalue weighted by Gasteiger charge is -2.07. The van der Waals surface area contributed by atoms with Crippen molar-refractivity contribution in [1.29, 1.82) is 0 Å². The third kappa shape index (κ3) is 2.33. The number of hydrogen-bond acceptors (Lipinski definition) is 6. The number of anilines is 2. The Morgan fingerprint density at radius 3 is 2.89 bits per heavy atom. The SMILES string of the molecule is Cc1cc(CNc2nc(N)nc3ccccc23)no1. The second kappa shape index (κ2) is 4.56. The summed E-state index contributed by atoms with van der Waals surface area (Å²) in [5.74, 6) is 1.73. The Labute approximate surface area is 109 Å². The average molecular weight is 255 g/mol. The molecule has 0 unspecified atom stereocenters. The van der Waals surface area contributed by atoms with Crippen molar-refractivity contribution in [1.82, 2.24) is 15.1 Å². The van der Waals surface area contributed by atoms with E-state index in [2.05, 4.69) is 20.4 Å². The molecule has 0 aliphatic rings. The average Bonchev–Trinajstić information content (AvgIpc) is 2.81. The summed E-state index contributed by atoms with van der Waals surface area (Å²) in [6.07, 6.45) is 0. The molecule has 0 spiro atoms. The first-order chi connectivity index (χ1) is 9.22. The van der Waals surface area contributed by atoms with Crippen LogP contribution in [-0.4, -0.2) is 15.1 Å². The minimum Gasteiger partial charge on any atom is -0.368 e. The summed E-state index contributed by atoms with van der Waals surface area (Å²) in [6.45, 7) is 2.38. The summed E-state index contributed by atoms with van der Waals surface area (Å²) in [7, 11) is 0. The van der Waals surface area contributed by atoms with Gasteiger partial charge in [-0.1, -0.05) is 17.3 Å². The molecule has 0 amide bonds. The molecule has 3 aromatic rings. The Morgan fingerprint density at radius 1 is 1.26 bits per heavy atom. The van der Waals surface area contributed by atoms with Crippen LogP contribution in [0.4, 0.5) is 11.8 Å². The van der Waals surface area contributed by atoms with Crippen LogP contribution in [0.15, 0.2) is 34.9 Å². The lowest BCUT2D eigenvalue weighted by Crippen LogP contribution is -2.05. The van der Waals surface area contributed by atoms with E-state index in [-0.39, 0.29) is 5.95 Å². The Morgan fingerprint density at radius 2 is 2.11 bits per heavy atom. The first kappa shape index (κ1) is 11.5. The van der Waals surface area contributed by atoms with Gasteiger partial charge in [-0.2, -0.15) is 4.98 Å². The number of benzene rings is 1. The highest BCUT2D eigenvalue weighted by molar-refractivity contribution is 5.89. The maximum Gasteiger partial charge on any atom is 0.222 e. The molecular weight excluding hydrogens is 242 g/mol. The monoisotopic (exact) mass is 255 g/mol. The van der Waals surface area contributed by atoms with Gasteiger partial charge in [-0.25, -0.2) is 4.98 Å². The van der Waals surface area contributed by atoms with Crippen LogP contribution in [0.25, 0.3) is 10.9 Å². The van der Waals surface area contributed by atoms with Gasteiger partial charge < -0.3 is 15.6 Å². The second-order valence-electron chi connectivity index (χ2n) is 4.23. The van der Waals surface area contributed by atoms with E-state index in [0.717, 1.165) is 22.4 Å². The molecule has 6 nitrogen and oxygen atoms in total. The zero-order chi connectivity index (χ0) is 13.2. The van der Waals surface area contributed by atoms with Gasteiger partial charge in [0.25, 0.3) is 0 Å². The third-order valence-corrected chi connectivity index (χ3v) is 2.73. The smallest absolute Gasteiger partial charge is 0.222 e. The number of aryl methyl sites for hydroxylation is 1. The standard InChI is InChI=1S/C13H13N5O/c1-8-6-9(18-19-8)7-15-12-10-4-2-3-5-11(10)16-13(14)17-12/h2-6H,7H2,1H3,(H3,14,15,16,17). The molecule has 2 aromatic heterocycles. The molecule has 96 valence electrons. The number of para-hydroxylation sites is 1. The molecule has 0 fully saturated rings. The van der Waals surface area contributed by atoms with E-state index in [0.29, 0.717) is 12.4 Å². The summed E-state index contributed by atoms with van der Waals surface area (Å²) >= 11 is 0. The Hall–Kier alpha value is -2.63. The van der Waals surface area contributed by atoms with E-state index in [1.165, 1.54) is 0 Å². The van der Waals surface area contributed by atoms with Gasteiger partial charge in [0.1, 0.15) is 17.3 Å². The highest BCUT2D eigenvalue weighted by atomic mass is 16.5. The molecule has 0 aliphatic heterocycles. The topological polar surface area (TPSA) is 89.9 Å². The summed E-state index contributed by atoms with van der Waals surface area (Å²) in [5.41, 5.74) is 7.33. The van der Waals surface area contributed by atoms with Crippen LogP contribution in [0.1, 0.15) is 11.5 Å². The molecule has 0 saturated carbocycles. The zero-order valence-corrected chi connectivity index (χ0v) is 10.4. The zero-order valence-electron chi connectivity index (χ0n) is 10.4. The maximum atomic E-state index is 5.70. The van der Waals surface area contributed by atoms with Crippen molar-refractivity contribution in [3.8, 4) is 0 Å². The molecule has 2 heterocycles. The molecule has 0 bridgehead atoms. The largest absolute Gasteiger partial charge is 0.368 e. The quantitative estimate of drug-likeness (QED) is 0.745. The first-order valence-electron chi connectivity index (χ1n) is 5.91. The van der Waals surface area contributed by atoms with Crippen LogP contribution < -0.4 is 11.1 Å². The summed E-state index contributed by atoms with van der Waals surface area (Å²) in [6, 6.07) is 9.58. The van der Waals surface area contributed by atoms with Crippen LogP contribution >= 0.6 is 0 Å². The van der Waals surface area contributed by atoms with Gasteiger partial charge in [-0.15, -0.1) is 0 Å². The number of aromatic nitrogens is 3. The van der Waals surface area contributed by atoms with E-state index in [9.17, 15) is 0 Å². The van der Waals surface area contributed by atoms with Gasteiger partial charge in [0.2, 0.25) is 5.95 Å². The number of fused-ring (bicyclic) bond motifs is 1. The number of nitrogens with one attached hydrogen (secondary N) is 1. The van der Waals surface area contributed by atoms with Crippen molar-refractivity contribution in [3.63, 3.8) is 0 Å². The molecule has 0 radical (unpaired) electrons. The normalized spacial score (nSPS) is 10.8. The van der Waals surface area contributed by atoms with E-state index in [1.54, 1.807) is 0 Å². The van der Waals surface area contributed by atoms with Crippen molar-refractivity contribution in [2.45, 2.75) is 13.5 Å². The molecule has 0 atom stereocenters. The summed E-state index contributed by atoms with van der Waals surface area (Å²) < 4.78 is 5.02. The summed E-state index contributed by atoms with van der Waals surface area (Å²) in [5, 5.41) is 8.05. The van der Waals surface area contributed by atoms with Crippen LogP contribution in [0.2, 0.25) is 0 Å². The Kier molecular flexibility index (Phi) is 2.75. The van der Waals surface area contributed by atoms with E-state index < -0.39 is 0 Å². The van der Waals surface area contributed by atoms with Crippen LogP contribution in [0, 0.1) is 6.92 Å². The number of rotatable bonds is 3. The van der Waals surface area contributed by atoms with Gasteiger partial charge >= 0.3 is 0 Å². The van der Waals surface area contributed by atoms with Crippen molar-refractivity contribution < 1.29 is 4.52 Å². The lowest BCUT2D eigenvalue weighted by molar-refractivity contribution is 0.391. The van der Waals surface area contributed by atoms with E-state index in [1.807, 2.05) is 37.3 Å². The minimum absolute atomic E-state index is 0.248. The van der Waals surface area contributed by atoms with Gasteiger partial charge in [0.15, 0.2) is 0 Å². The van der Waals surface area contributed by atoms with E-state index in [4.69, 9.17) is 10.3 Å². The van der Waals surface area contributed by atoms with Crippen LogP contribution in [-0.2, 0) is 6.54 Å². The molecule has 3 rings (SSSR count). The Bertz CT molecular complexity index is 722. The lowest BCUT2D eigenvalue weighted by atomic mass is 10.2. The fraction of sp³-hybridized carbons (Fsp3) is 0.154. The molecule has 3 N–H and O–H groups in total. The second-order valence-corrected chi connectivity index (χ2v) is 4.23. The fourth-order valence-corrected chi connectivity index (χ4v) is 1.90. The number of nitrogens with two attached hydrogens (primary N) is 1. The summed E-state index contributed by atoms with van der Waals surface area (Å²) in [4.78, 5) is 8.41. The van der Waals surface area contributed by atoms with Crippen molar-refractivity contribution in [2.24, 2.45) is 0 Å².